The highest BCUT2D eigenvalue weighted by Crippen LogP contribution is 2.26. The summed E-state index contributed by atoms with van der Waals surface area (Å²) in [7, 11) is 1.68. The van der Waals surface area contributed by atoms with Gasteiger partial charge in [0, 0.05) is 11.6 Å². The minimum Gasteiger partial charge on any atom is -0.496 e. The lowest BCUT2D eigenvalue weighted by Gasteiger charge is -2.17. The number of hydrogen-bond donors (Lipinski definition) is 1. The van der Waals surface area contributed by atoms with Crippen LogP contribution in [0.3, 0.4) is 0 Å². The van der Waals surface area contributed by atoms with Crippen LogP contribution in [-0.2, 0) is 0 Å². The topological polar surface area (TPSA) is 35.2 Å². The van der Waals surface area contributed by atoms with Gasteiger partial charge in [-0.25, -0.2) is 0 Å². The fourth-order valence-corrected chi connectivity index (χ4v) is 1.61. The standard InChI is InChI=1S/C12H19NO.ClH/c1-9(2)8-11(13)10-6-4-5-7-12(10)14-3;/h4-7,9,11H,8,13H2,1-3H3;1H/t11-;/m0./s1. The van der Waals surface area contributed by atoms with Gasteiger partial charge in [-0.3, -0.25) is 0 Å². The highest BCUT2D eigenvalue weighted by Gasteiger charge is 2.12. The van der Waals surface area contributed by atoms with Crippen LogP contribution in [0.2, 0.25) is 0 Å². The monoisotopic (exact) mass is 229 g/mol. The van der Waals surface area contributed by atoms with E-state index in [-0.39, 0.29) is 18.4 Å². The maximum absolute atomic E-state index is 6.09. The van der Waals surface area contributed by atoms with Crippen molar-refractivity contribution in [1.82, 2.24) is 0 Å². The van der Waals surface area contributed by atoms with Gasteiger partial charge in [-0.2, -0.15) is 0 Å². The molecule has 86 valence electrons. The average Bonchev–Trinajstić information content (AvgIpc) is 2.16. The molecule has 2 N–H and O–H groups in total. The zero-order valence-corrected chi connectivity index (χ0v) is 10.4. The van der Waals surface area contributed by atoms with Gasteiger partial charge in [0.05, 0.1) is 7.11 Å². The van der Waals surface area contributed by atoms with Crippen molar-refractivity contribution in [2.45, 2.75) is 26.3 Å². The van der Waals surface area contributed by atoms with Crippen LogP contribution in [0.25, 0.3) is 0 Å². The first kappa shape index (κ1) is 14.3. The van der Waals surface area contributed by atoms with E-state index >= 15 is 0 Å². The molecular formula is C12H20ClNO. The number of ether oxygens (including phenoxy) is 1. The van der Waals surface area contributed by atoms with Crippen molar-refractivity contribution in [2.75, 3.05) is 7.11 Å². The molecule has 1 atom stereocenters. The quantitative estimate of drug-likeness (QED) is 0.861. The third-order valence-electron chi connectivity index (χ3n) is 2.26. The second-order valence-electron chi connectivity index (χ2n) is 3.98. The summed E-state index contributed by atoms with van der Waals surface area (Å²) in [6, 6.07) is 8.02. The van der Waals surface area contributed by atoms with Gasteiger partial charge in [0.25, 0.3) is 0 Å². The largest absolute Gasteiger partial charge is 0.496 e. The predicted molar refractivity (Wildman–Crippen MR) is 66.6 cm³/mol. The van der Waals surface area contributed by atoms with E-state index in [2.05, 4.69) is 13.8 Å². The van der Waals surface area contributed by atoms with Gasteiger partial charge in [0.15, 0.2) is 0 Å². The Bertz CT molecular complexity index is 289. The lowest BCUT2D eigenvalue weighted by Crippen LogP contribution is -2.13. The van der Waals surface area contributed by atoms with Crippen molar-refractivity contribution in [1.29, 1.82) is 0 Å². The Balaban J connectivity index is 0.00000196. The summed E-state index contributed by atoms with van der Waals surface area (Å²) in [5.74, 6) is 1.50. The Hall–Kier alpha value is -0.730. The lowest BCUT2D eigenvalue weighted by atomic mass is 9.97. The van der Waals surface area contributed by atoms with Crippen molar-refractivity contribution in [3.8, 4) is 5.75 Å². The molecule has 2 nitrogen and oxygen atoms in total. The maximum atomic E-state index is 6.09. The number of rotatable bonds is 4. The van der Waals surface area contributed by atoms with Crippen LogP contribution in [0.1, 0.15) is 31.9 Å². The number of benzene rings is 1. The summed E-state index contributed by atoms with van der Waals surface area (Å²) in [6.45, 7) is 4.35. The van der Waals surface area contributed by atoms with E-state index in [1.807, 2.05) is 24.3 Å². The number of hydrogen-bond acceptors (Lipinski definition) is 2. The molecule has 0 heterocycles. The van der Waals surface area contributed by atoms with Crippen LogP contribution in [0, 0.1) is 5.92 Å². The maximum Gasteiger partial charge on any atom is 0.123 e. The molecule has 3 heteroatoms. The molecule has 0 saturated carbocycles. The summed E-state index contributed by atoms with van der Waals surface area (Å²) in [5.41, 5.74) is 7.19. The average molecular weight is 230 g/mol. The van der Waals surface area contributed by atoms with Gasteiger partial charge in [0.2, 0.25) is 0 Å². The smallest absolute Gasteiger partial charge is 0.123 e. The third kappa shape index (κ3) is 4.10. The molecule has 0 amide bonds. The Morgan fingerprint density at radius 3 is 2.40 bits per heavy atom. The summed E-state index contributed by atoms with van der Waals surface area (Å²) < 4.78 is 5.27. The Morgan fingerprint density at radius 2 is 1.87 bits per heavy atom. The van der Waals surface area contributed by atoms with Crippen molar-refractivity contribution >= 4 is 12.4 Å². The highest BCUT2D eigenvalue weighted by molar-refractivity contribution is 5.85. The first-order valence-electron chi connectivity index (χ1n) is 5.03. The van der Waals surface area contributed by atoms with E-state index in [9.17, 15) is 0 Å². The fourth-order valence-electron chi connectivity index (χ4n) is 1.61. The van der Waals surface area contributed by atoms with E-state index in [0.29, 0.717) is 5.92 Å². The molecule has 0 aliphatic rings. The molecule has 0 aromatic heterocycles. The van der Waals surface area contributed by atoms with Gasteiger partial charge < -0.3 is 10.5 Å². The van der Waals surface area contributed by atoms with Crippen molar-refractivity contribution < 1.29 is 4.74 Å². The number of methoxy groups -OCH3 is 1. The lowest BCUT2D eigenvalue weighted by molar-refractivity contribution is 0.399. The van der Waals surface area contributed by atoms with Crippen LogP contribution < -0.4 is 10.5 Å². The zero-order chi connectivity index (χ0) is 10.6. The summed E-state index contributed by atoms with van der Waals surface area (Å²) in [5, 5.41) is 0. The van der Waals surface area contributed by atoms with Crippen LogP contribution >= 0.6 is 12.4 Å². The van der Waals surface area contributed by atoms with E-state index in [1.165, 1.54) is 0 Å². The van der Waals surface area contributed by atoms with Crippen molar-refractivity contribution in [3.63, 3.8) is 0 Å². The van der Waals surface area contributed by atoms with Crippen LogP contribution in [0.15, 0.2) is 24.3 Å². The molecule has 0 aliphatic carbocycles. The highest BCUT2D eigenvalue weighted by atomic mass is 35.5. The Morgan fingerprint density at radius 1 is 1.27 bits per heavy atom. The third-order valence-corrected chi connectivity index (χ3v) is 2.26. The van der Waals surface area contributed by atoms with Gasteiger partial charge in [0.1, 0.15) is 5.75 Å². The normalized spacial score (nSPS) is 12.1. The summed E-state index contributed by atoms with van der Waals surface area (Å²) in [4.78, 5) is 0. The molecule has 0 bridgehead atoms. The van der Waals surface area contributed by atoms with Gasteiger partial charge in [-0.15, -0.1) is 12.4 Å². The van der Waals surface area contributed by atoms with E-state index < -0.39 is 0 Å². The zero-order valence-electron chi connectivity index (χ0n) is 9.57. The van der Waals surface area contributed by atoms with Gasteiger partial charge in [-0.1, -0.05) is 32.0 Å². The van der Waals surface area contributed by atoms with E-state index in [1.54, 1.807) is 7.11 Å². The second-order valence-corrected chi connectivity index (χ2v) is 3.98. The molecule has 0 spiro atoms. The molecular weight excluding hydrogens is 210 g/mol. The molecule has 0 fully saturated rings. The van der Waals surface area contributed by atoms with Crippen LogP contribution in [0.5, 0.6) is 5.75 Å². The molecule has 0 aliphatic heterocycles. The number of halogens is 1. The molecule has 1 aromatic rings. The van der Waals surface area contributed by atoms with Crippen LogP contribution in [0.4, 0.5) is 0 Å². The minimum atomic E-state index is 0. The van der Waals surface area contributed by atoms with Crippen LogP contribution in [-0.4, -0.2) is 7.11 Å². The molecule has 1 rings (SSSR count). The van der Waals surface area contributed by atoms with E-state index in [4.69, 9.17) is 10.5 Å². The van der Waals surface area contributed by atoms with Crippen molar-refractivity contribution in [3.05, 3.63) is 29.8 Å². The number of nitrogens with two attached hydrogens (primary N) is 1. The second kappa shape index (κ2) is 6.70. The Kier molecular flexibility index (Phi) is 6.37. The first-order valence-corrected chi connectivity index (χ1v) is 5.03. The molecule has 1 aromatic carbocycles. The molecule has 15 heavy (non-hydrogen) atoms. The van der Waals surface area contributed by atoms with Crippen molar-refractivity contribution in [2.24, 2.45) is 11.7 Å². The Labute approximate surface area is 98.2 Å². The van der Waals surface area contributed by atoms with Gasteiger partial charge in [-0.05, 0) is 18.4 Å². The molecule has 0 radical (unpaired) electrons. The molecule has 0 unspecified atom stereocenters. The minimum absolute atomic E-state index is 0. The SMILES string of the molecule is COc1ccccc1[C@@H](N)CC(C)C.Cl. The first-order chi connectivity index (χ1) is 6.65. The summed E-state index contributed by atoms with van der Waals surface area (Å²) >= 11 is 0. The fraction of sp³-hybridized carbons (Fsp3) is 0.500. The molecule has 0 saturated heterocycles. The van der Waals surface area contributed by atoms with Gasteiger partial charge >= 0.3 is 0 Å². The van der Waals surface area contributed by atoms with E-state index in [0.717, 1.165) is 17.7 Å². The number of para-hydroxylation sites is 1. The predicted octanol–water partition coefficient (Wildman–Crippen LogP) is 3.16. The summed E-state index contributed by atoms with van der Waals surface area (Å²) in [6.07, 6.45) is 0.986.